The maximum atomic E-state index is 13.3. The summed E-state index contributed by atoms with van der Waals surface area (Å²) < 4.78 is 28.2. The standard InChI is InChI=1S/C23H31N3O3S2/c1-19(18-30)26(17-16-25-14-6-3-7-15-25)31(28,29)22-12-10-21(11-13-22)24-23(27)20-8-4-2-5-9-20/h2,4-5,8-13,19,30H,3,6-7,14-18H2,1H3,(H,24,27)/t19-/m1/s1. The zero-order chi connectivity index (χ0) is 22.3. The molecule has 1 heterocycles. The minimum atomic E-state index is -3.67. The molecule has 31 heavy (non-hydrogen) atoms. The molecule has 6 nitrogen and oxygen atoms in total. The summed E-state index contributed by atoms with van der Waals surface area (Å²) >= 11 is 4.34. The maximum Gasteiger partial charge on any atom is 0.255 e. The Morgan fingerprint density at radius 3 is 2.32 bits per heavy atom. The number of carbonyl (C=O) groups is 1. The summed E-state index contributed by atoms with van der Waals surface area (Å²) in [7, 11) is -3.67. The van der Waals surface area contributed by atoms with Gasteiger partial charge in [0.25, 0.3) is 5.91 Å². The molecule has 2 aromatic carbocycles. The second kappa shape index (κ2) is 11.1. The monoisotopic (exact) mass is 461 g/mol. The van der Waals surface area contributed by atoms with Crippen molar-refractivity contribution in [1.82, 2.24) is 9.21 Å². The number of hydrogen-bond donors (Lipinski definition) is 2. The fourth-order valence-corrected chi connectivity index (χ4v) is 5.66. The zero-order valence-electron chi connectivity index (χ0n) is 17.9. The number of benzene rings is 2. The number of piperidine rings is 1. The van der Waals surface area contributed by atoms with Crippen molar-refractivity contribution in [2.24, 2.45) is 0 Å². The lowest BCUT2D eigenvalue weighted by Gasteiger charge is -2.32. The Bertz CT molecular complexity index is 944. The van der Waals surface area contributed by atoms with Gasteiger partial charge < -0.3 is 10.2 Å². The average Bonchev–Trinajstić information content (AvgIpc) is 2.80. The number of sulfonamides is 1. The van der Waals surface area contributed by atoms with Crippen molar-refractivity contribution in [2.75, 3.05) is 37.2 Å². The molecule has 2 aromatic rings. The van der Waals surface area contributed by atoms with Crippen LogP contribution in [0.2, 0.25) is 0 Å². The van der Waals surface area contributed by atoms with E-state index in [0.29, 0.717) is 23.5 Å². The number of likely N-dealkylation sites (tertiary alicyclic amines) is 1. The SMILES string of the molecule is C[C@H](CS)N(CCN1CCCCC1)S(=O)(=O)c1ccc(NC(=O)c2ccccc2)cc1. The first-order valence-corrected chi connectivity index (χ1v) is 12.8. The van der Waals surface area contributed by atoms with Gasteiger partial charge in [-0.25, -0.2) is 8.42 Å². The Morgan fingerprint density at radius 1 is 1.06 bits per heavy atom. The highest BCUT2D eigenvalue weighted by Crippen LogP contribution is 2.22. The van der Waals surface area contributed by atoms with E-state index in [0.717, 1.165) is 19.6 Å². The summed E-state index contributed by atoms with van der Waals surface area (Å²) in [5, 5.41) is 2.80. The lowest BCUT2D eigenvalue weighted by atomic mass is 10.1. The van der Waals surface area contributed by atoms with Gasteiger partial charge in [-0.3, -0.25) is 4.79 Å². The van der Waals surface area contributed by atoms with Gasteiger partial charge in [-0.05, 0) is 69.3 Å². The summed E-state index contributed by atoms with van der Waals surface area (Å²) in [5.41, 5.74) is 1.10. The number of amides is 1. The second-order valence-corrected chi connectivity index (χ2v) is 10.1. The van der Waals surface area contributed by atoms with Gasteiger partial charge in [0, 0.05) is 36.1 Å². The van der Waals surface area contributed by atoms with Crippen LogP contribution in [-0.4, -0.2) is 61.5 Å². The van der Waals surface area contributed by atoms with Crippen molar-refractivity contribution in [3.05, 3.63) is 60.2 Å². The van der Waals surface area contributed by atoms with E-state index in [1.807, 2.05) is 13.0 Å². The predicted octanol–water partition coefficient (Wildman–Crippen LogP) is 3.73. The molecule has 8 heteroatoms. The van der Waals surface area contributed by atoms with Gasteiger partial charge in [-0.2, -0.15) is 16.9 Å². The molecule has 1 atom stereocenters. The predicted molar refractivity (Wildman–Crippen MR) is 128 cm³/mol. The Kier molecular flexibility index (Phi) is 8.54. The topological polar surface area (TPSA) is 69.7 Å². The maximum absolute atomic E-state index is 13.3. The van der Waals surface area contributed by atoms with Crippen molar-refractivity contribution in [3.8, 4) is 0 Å². The van der Waals surface area contributed by atoms with Crippen LogP contribution in [0.25, 0.3) is 0 Å². The van der Waals surface area contributed by atoms with E-state index in [2.05, 4.69) is 22.8 Å². The molecule has 0 bridgehead atoms. The number of rotatable bonds is 9. The van der Waals surface area contributed by atoms with E-state index >= 15 is 0 Å². The van der Waals surface area contributed by atoms with Crippen LogP contribution in [0, 0.1) is 0 Å². The molecule has 168 valence electrons. The zero-order valence-corrected chi connectivity index (χ0v) is 19.6. The van der Waals surface area contributed by atoms with Gasteiger partial charge in [0.2, 0.25) is 10.0 Å². The van der Waals surface area contributed by atoms with Crippen molar-refractivity contribution in [2.45, 2.75) is 37.1 Å². The third-order valence-electron chi connectivity index (χ3n) is 5.60. The normalized spacial score (nSPS) is 16.2. The molecule has 0 aromatic heterocycles. The fourth-order valence-electron chi connectivity index (χ4n) is 3.73. The van der Waals surface area contributed by atoms with Crippen LogP contribution in [-0.2, 0) is 10.0 Å². The molecule has 1 aliphatic heterocycles. The van der Waals surface area contributed by atoms with Gasteiger partial charge in [-0.1, -0.05) is 24.6 Å². The summed E-state index contributed by atoms with van der Waals surface area (Å²) in [5.74, 6) is 0.216. The number of nitrogens with zero attached hydrogens (tertiary/aromatic N) is 2. The van der Waals surface area contributed by atoms with E-state index < -0.39 is 10.0 Å². The minimum Gasteiger partial charge on any atom is -0.322 e. The Morgan fingerprint density at radius 2 is 1.71 bits per heavy atom. The molecule has 0 saturated carbocycles. The van der Waals surface area contributed by atoms with Crippen LogP contribution in [0.15, 0.2) is 59.5 Å². The summed E-state index contributed by atoms with van der Waals surface area (Å²) in [6, 6.07) is 15.0. The lowest BCUT2D eigenvalue weighted by Crippen LogP contribution is -2.45. The van der Waals surface area contributed by atoms with Crippen LogP contribution in [0.4, 0.5) is 5.69 Å². The molecule has 0 unspecified atom stereocenters. The van der Waals surface area contributed by atoms with Gasteiger partial charge in [-0.15, -0.1) is 0 Å². The van der Waals surface area contributed by atoms with Crippen molar-refractivity contribution in [3.63, 3.8) is 0 Å². The first-order valence-electron chi connectivity index (χ1n) is 10.7. The molecule has 1 amide bonds. The molecule has 1 N–H and O–H groups in total. The molecule has 0 spiro atoms. The molecular weight excluding hydrogens is 430 g/mol. The summed E-state index contributed by atoms with van der Waals surface area (Å²) in [6.07, 6.45) is 3.59. The highest BCUT2D eigenvalue weighted by molar-refractivity contribution is 7.89. The Hall–Kier alpha value is -1.87. The molecule has 1 saturated heterocycles. The second-order valence-electron chi connectivity index (χ2n) is 7.89. The van der Waals surface area contributed by atoms with Crippen molar-refractivity contribution >= 4 is 34.2 Å². The lowest BCUT2D eigenvalue weighted by molar-refractivity contribution is 0.102. The highest BCUT2D eigenvalue weighted by atomic mass is 32.2. The van der Waals surface area contributed by atoms with E-state index in [1.165, 1.54) is 19.3 Å². The van der Waals surface area contributed by atoms with Crippen LogP contribution in [0.5, 0.6) is 0 Å². The number of nitrogens with one attached hydrogen (secondary N) is 1. The largest absolute Gasteiger partial charge is 0.322 e. The van der Waals surface area contributed by atoms with Gasteiger partial charge in [0.1, 0.15) is 0 Å². The smallest absolute Gasteiger partial charge is 0.255 e. The molecule has 0 aliphatic carbocycles. The van der Waals surface area contributed by atoms with Gasteiger partial charge in [0.15, 0.2) is 0 Å². The third kappa shape index (κ3) is 6.32. The van der Waals surface area contributed by atoms with Gasteiger partial charge >= 0.3 is 0 Å². The first kappa shape index (κ1) is 23.8. The molecule has 1 fully saturated rings. The van der Waals surface area contributed by atoms with Gasteiger partial charge in [0.05, 0.1) is 4.90 Å². The number of thiol groups is 1. The van der Waals surface area contributed by atoms with E-state index in [-0.39, 0.29) is 16.8 Å². The number of carbonyl (C=O) groups excluding carboxylic acids is 1. The van der Waals surface area contributed by atoms with Crippen LogP contribution in [0.3, 0.4) is 0 Å². The average molecular weight is 462 g/mol. The summed E-state index contributed by atoms with van der Waals surface area (Å²) in [4.78, 5) is 14.9. The molecule has 0 radical (unpaired) electrons. The van der Waals surface area contributed by atoms with Crippen LogP contribution >= 0.6 is 12.6 Å². The van der Waals surface area contributed by atoms with E-state index in [1.54, 1.807) is 52.8 Å². The molecule has 1 aliphatic rings. The number of anilines is 1. The Balaban J connectivity index is 1.70. The fraction of sp³-hybridized carbons (Fsp3) is 0.435. The first-order chi connectivity index (χ1) is 14.9. The van der Waals surface area contributed by atoms with Crippen LogP contribution in [0.1, 0.15) is 36.5 Å². The third-order valence-corrected chi connectivity index (χ3v) is 8.15. The van der Waals surface area contributed by atoms with Crippen molar-refractivity contribution < 1.29 is 13.2 Å². The van der Waals surface area contributed by atoms with E-state index in [9.17, 15) is 13.2 Å². The minimum absolute atomic E-state index is 0.212. The quantitative estimate of drug-likeness (QED) is 0.558. The van der Waals surface area contributed by atoms with E-state index in [4.69, 9.17) is 0 Å². The van der Waals surface area contributed by atoms with Crippen LogP contribution < -0.4 is 5.32 Å². The number of hydrogen-bond acceptors (Lipinski definition) is 5. The Labute approximate surface area is 191 Å². The summed E-state index contributed by atoms with van der Waals surface area (Å²) in [6.45, 7) is 5.10. The molecular formula is C23H31N3O3S2. The molecule has 3 rings (SSSR count). The highest BCUT2D eigenvalue weighted by Gasteiger charge is 2.29. The van der Waals surface area contributed by atoms with Crippen molar-refractivity contribution in [1.29, 1.82) is 0 Å².